The van der Waals surface area contributed by atoms with E-state index in [4.69, 9.17) is 5.73 Å². The van der Waals surface area contributed by atoms with Crippen molar-refractivity contribution in [2.45, 2.75) is 23.6 Å². The fourth-order valence-corrected chi connectivity index (χ4v) is 5.15. The number of azo groups is 2. The van der Waals surface area contributed by atoms with E-state index in [-0.39, 0.29) is 45.1 Å². The molecule has 4 aromatic rings. The lowest BCUT2D eigenvalue weighted by Crippen LogP contribution is -2.06. The first-order valence-corrected chi connectivity index (χ1v) is 15.2. The van der Waals surface area contributed by atoms with E-state index in [9.17, 15) is 35.8 Å². The molecule has 0 aromatic heterocycles. The number of rotatable bonds is 9. The summed E-state index contributed by atoms with van der Waals surface area (Å²) in [5, 5.41) is 32.4. The first kappa shape index (κ1) is 31.0. The Hall–Kier alpha value is -4.97. The molecule has 0 aliphatic carbocycles. The summed E-state index contributed by atoms with van der Waals surface area (Å²) < 4.78 is 66.7. The smallest absolute Gasteiger partial charge is 0.296 e. The third kappa shape index (κ3) is 7.28. The zero-order valence-electron chi connectivity index (χ0n) is 22.5. The molecule has 4 aromatic carbocycles. The minimum atomic E-state index is -4.86. The quantitative estimate of drug-likeness (QED) is 0.0734. The number of nitrogen functional groups attached to an aromatic ring is 1. The number of carbonyl (C=O) groups is 1. The molecule has 4 rings (SSSR count). The number of nitrogens with two attached hydrogens (primary N) is 1. The highest BCUT2D eigenvalue weighted by Gasteiger charge is 2.19. The lowest BCUT2D eigenvalue weighted by molar-refractivity contribution is -0.114. The van der Waals surface area contributed by atoms with Crippen LogP contribution in [0.2, 0.25) is 0 Å². The number of nitrogens with zero attached hydrogens (tertiary/aromatic N) is 4. The van der Waals surface area contributed by atoms with Gasteiger partial charge in [-0.2, -0.15) is 21.9 Å². The maximum absolute atomic E-state index is 12.2. The van der Waals surface area contributed by atoms with Crippen LogP contribution in [-0.2, 0) is 25.0 Å². The van der Waals surface area contributed by atoms with Gasteiger partial charge >= 0.3 is 0 Å². The number of hydrogen-bond donors (Lipinski definition) is 6. The molecular weight excluding hydrogens is 602 g/mol. The first-order valence-electron chi connectivity index (χ1n) is 12.3. The van der Waals surface area contributed by atoms with Crippen LogP contribution in [0.25, 0.3) is 10.8 Å². The standard InChI is InChI=1S/C26H25N7O8S2/c1-3-28-16-5-8-20(22(11-16)29-14(2)34)31-30-17-6-9-21(24(12-17)43(39,40)41)32-33-26-19(27)7-4-15-10-18(42(36,37)38)13-23(35)25(15)26/h4-13,28,35H,3,27H2,1-2H3,(H,29,34)(H,36,37,38)(H,39,40,41)/b31-30+,33-32+. The molecule has 15 nitrogen and oxygen atoms in total. The van der Waals surface area contributed by atoms with Gasteiger partial charge in [-0.25, -0.2) is 0 Å². The van der Waals surface area contributed by atoms with Gasteiger partial charge in [-0.05, 0) is 60.8 Å². The van der Waals surface area contributed by atoms with Crippen molar-refractivity contribution in [3.05, 3.63) is 60.7 Å². The van der Waals surface area contributed by atoms with Crippen molar-refractivity contribution >= 4 is 76.7 Å². The highest BCUT2D eigenvalue weighted by molar-refractivity contribution is 7.86. The SMILES string of the molecule is CCNc1ccc(/N=N/c2ccc(/N=N/c3c(N)ccc4cc(S(=O)(=O)O)cc(O)c34)c(S(=O)(=O)O)c2)c(NC(C)=O)c1. The summed E-state index contributed by atoms with van der Waals surface area (Å²) in [6, 6.07) is 13.1. The summed E-state index contributed by atoms with van der Waals surface area (Å²) in [5.74, 6) is -0.929. The molecule has 7 N–H and O–H groups in total. The van der Waals surface area contributed by atoms with Crippen molar-refractivity contribution in [3.8, 4) is 5.75 Å². The van der Waals surface area contributed by atoms with E-state index in [0.717, 1.165) is 23.9 Å². The van der Waals surface area contributed by atoms with Gasteiger partial charge in [0.2, 0.25) is 5.91 Å². The number of anilines is 3. The molecule has 0 unspecified atom stereocenters. The largest absolute Gasteiger partial charge is 0.507 e. The van der Waals surface area contributed by atoms with Gasteiger partial charge in [-0.3, -0.25) is 13.9 Å². The average molecular weight is 628 g/mol. The average Bonchev–Trinajstić information content (AvgIpc) is 2.91. The van der Waals surface area contributed by atoms with Crippen molar-refractivity contribution in [1.82, 2.24) is 0 Å². The van der Waals surface area contributed by atoms with Crippen molar-refractivity contribution < 1.29 is 35.8 Å². The molecule has 0 saturated heterocycles. The molecule has 224 valence electrons. The van der Waals surface area contributed by atoms with Crippen LogP contribution < -0.4 is 16.4 Å². The molecule has 0 radical (unpaired) electrons. The molecule has 1 amide bonds. The van der Waals surface area contributed by atoms with Gasteiger partial charge in [0, 0.05) is 25.2 Å². The second kappa shape index (κ2) is 12.1. The molecule has 0 bridgehead atoms. The van der Waals surface area contributed by atoms with E-state index in [1.54, 1.807) is 18.2 Å². The third-order valence-corrected chi connectivity index (χ3v) is 7.53. The van der Waals surface area contributed by atoms with E-state index in [1.165, 1.54) is 31.2 Å². The van der Waals surface area contributed by atoms with Crippen LogP contribution >= 0.6 is 0 Å². The van der Waals surface area contributed by atoms with Crippen molar-refractivity contribution in [2.24, 2.45) is 20.5 Å². The summed E-state index contributed by atoms with van der Waals surface area (Å²) in [5.41, 5.74) is 6.92. The maximum atomic E-state index is 12.2. The Morgan fingerprint density at radius 2 is 1.56 bits per heavy atom. The zero-order chi connectivity index (χ0) is 31.5. The maximum Gasteiger partial charge on any atom is 0.296 e. The summed E-state index contributed by atoms with van der Waals surface area (Å²) in [6.07, 6.45) is 0. The predicted molar refractivity (Wildman–Crippen MR) is 159 cm³/mol. The molecule has 0 aliphatic heterocycles. The number of amides is 1. The number of phenolic OH excluding ortho intramolecular Hbond substituents is 1. The van der Waals surface area contributed by atoms with Gasteiger partial charge < -0.3 is 21.5 Å². The number of fused-ring (bicyclic) bond motifs is 1. The van der Waals surface area contributed by atoms with Crippen LogP contribution in [0, 0.1) is 0 Å². The Morgan fingerprint density at radius 3 is 2.21 bits per heavy atom. The van der Waals surface area contributed by atoms with Crippen LogP contribution in [0.3, 0.4) is 0 Å². The van der Waals surface area contributed by atoms with Crippen LogP contribution in [-0.4, -0.2) is 43.5 Å². The minimum absolute atomic E-state index is 0.000103. The molecule has 0 saturated carbocycles. The molecule has 0 aliphatic rings. The summed E-state index contributed by atoms with van der Waals surface area (Å²) in [4.78, 5) is 10.4. The van der Waals surface area contributed by atoms with E-state index >= 15 is 0 Å². The molecule has 0 fully saturated rings. The fourth-order valence-electron chi connectivity index (χ4n) is 3.97. The second-order valence-electron chi connectivity index (χ2n) is 8.99. The Balaban J connectivity index is 1.75. The molecule has 43 heavy (non-hydrogen) atoms. The van der Waals surface area contributed by atoms with Crippen LogP contribution in [0.4, 0.5) is 39.8 Å². The third-order valence-electron chi connectivity index (χ3n) is 5.81. The van der Waals surface area contributed by atoms with Gasteiger partial charge in [0.1, 0.15) is 27.7 Å². The van der Waals surface area contributed by atoms with Gasteiger partial charge in [-0.1, -0.05) is 6.07 Å². The topological polar surface area (TPSA) is 246 Å². The van der Waals surface area contributed by atoms with Crippen molar-refractivity contribution in [1.29, 1.82) is 0 Å². The molecule has 0 atom stereocenters. The van der Waals surface area contributed by atoms with Gasteiger partial charge in [-0.15, -0.1) is 15.3 Å². The normalized spacial score (nSPS) is 12.3. The van der Waals surface area contributed by atoms with Crippen molar-refractivity contribution in [3.63, 3.8) is 0 Å². The predicted octanol–water partition coefficient (Wildman–Crippen LogP) is 5.84. The van der Waals surface area contributed by atoms with E-state index < -0.39 is 35.8 Å². The Labute approximate surface area is 245 Å². The number of phenols is 1. The molecule has 0 heterocycles. The van der Waals surface area contributed by atoms with Crippen molar-refractivity contribution in [2.75, 3.05) is 22.9 Å². The number of benzene rings is 4. The van der Waals surface area contributed by atoms with E-state index in [0.29, 0.717) is 12.2 Å². The molecular formula is C26H25N7O8S2. The Kier molecular flexibility index (Phi) is 8.72. The first-order chi connectivity index (χ1) is 20.2. The Bertz CT molecular complexity index is 2030. The van der Waals surface area contributed by atoms with Gasteiger partial charge in [0.15, 0.2) is 0 Å². The lowest BCUT2D eigenvalue weighted by atomic mass is 10.1. The number of nitrogens with one attached hydrogen (secondary N) is 2. The van der Waals surface area contributed by atoms with Gasteiger partial charge in [0.05, 0.1) is 27.3 Å². The Morgan fingerprint density at radius 1 is 0.860 bits per heavy atom. The molecule has 17 heteroatoms. The van der Waals surface area contributed by atoms with Crippen LogP contribution in [0.1, 0.15) is 13.8 Å². The monoisotopic (exact) mass is 627 g/mol. The van der Waals surface area contributed by atoms with E-state index in [1.807, 2.05) is 6.92 Å². The second-order valence-corrected chi connectivity index (χ2v) is 11.8. The zero-order valence-corrected chi connectivity index (χ0v) is 24.2. The van der Waals surface area contributed by atoms with Crippen LogP contribution in [0.15, 0.2) is 90.9 Å². The molecule has 0 spiro atoms. The number of carbonyl (C=O) groups excluding carboxylic acids is 1. The van der Waals surface area contributed by atoms with Gasteiger partial charge in [0.25, 0.3) is 20.2 Å². The summed E-state index contributed by atoms with van der Waals surface area (Å²) in [7, 11) is -9.49. The number of aromatic hydroxyl groups is 1. The number of hydrogen-bond acceptors (Lipinski definition) is 12. The minimum Gasteiger partial charge on any atom is -0.507 e. The highest BCUT2D eigenvalue weighted by atomic mass is 32.2. The fraction of sp³-hybridized carbons (Fsp3) is 0.115. The lowest BCUT2D eigenvalue weighted by Gasteiger charge is -2.10. The van der Waals surface area contributed by atoms with Crippen LogP contribution in [0.5, 0.6) is 5.75 Å². The summed E-state index contributed by atoms with van der Waals surface area (Å²) >= 11 is 0. The van der Waals surface area contributed by atoms with E-state index in [2.05, 4.69) is 31.1 Å². The summed E-state index contributed by atoms with van der Waals surface area (Å²) in [6.45, 7) is 3.88. The highest BCUT2D eigenvalue weighted by Crippen LogP contribution is 2.41.